The van der Waals surface area contributed by atoms with Gasteiger partial charge < -0.3 is 9.72 Å². The molecule has 0 aliphatic rings. The first-order valence-corrected chi connectivity index (χ1v) is 6.27. The summed E-state index contributed by atoms with van der Waals surface area (Å²) in [6.07, 6.45) is 0. The van der Waals surface area contributed by atoms with E-state index in [1.807, 2.05) is 0 Å². The summed E-state index contributed by atoms with van der Waals surface area (Å²) in [5.74, 6) is -0.824. The molecule has 0 aliphatic carbocycles. The van der Waals surface area contributed by atoms with Crippen molar-refractivity contribution < 1.29 is 13.9 Å². The number of esters is 1. The van der Waals surface area contributed by atoms with Crippen molar-refractivity contribution >= 4 is 32.8 Å². The van der Waals surface area contributed by atoms with Crippen molar-refractivity contribution in [3.63, 3.8) is 0 Å². The molecule has 0 aliphatic heterocycles. The van der Waals surface area contributed by atoms with Gasteiger partial charge in [-0.2, -0.15) is 0 Å². The van der Waals surface area contributed by atoms with E-state index in [1.54, 1.807) is 32.9 Å². The summed E-state index contributed by atoms with van der Waals surface area (Å²) in [7, 11) is 0. The largest absolute Gasteiger partial charge is 0.455 e. The Labute approximate surface area is 112 Å². The van der Waals surface area contributed by atoms with Crippen molar-refractivity contribution in [2.45, 2.75) is 26.4 Å². The molecule has 2 aromatic rings. The molecule has 0 atom stereocenters. The van der Waals surface area contributed by atoms with Crippen LogP contribution in [0.2, 0.25) is 0 Å². The van der Waals surface area contributed by atoms with E-state index in [9.17, 15) is 9.18 Å². The van der Waals surface area contributed by atoms with Crippen molar-refractivity contribution in [3.8, 4) is 0 Å². The number of aromatic amines is 1. The molecule has 3 nitrogen and oxygen atoms in total. The number of carbonyl (C=O) groups excluding carboxylic acids is 1. The van der Waals surface area contributed by atoms with Crippen LogP contribution in [0.25, 0.3) is 10.9 Å². The zero-order valence-corrected chi connectivity index (χ0v) is 11.9. The number of aromatic nitrogens is 1. The Bertz CT molecular complexity index is 574. The normalized spacial score (nSPS) is 11.8. The second-order valence-corrected chi connectivity index (χ2v) is 5.89. The molecule has 0 radical (unpaired) electrons. The summed E-state index contributed by atoms with van der Waals surface area (Å²) in [6.45, 7) is 5.39. The van der Waals surface area contributed by atoms with Gasteiger partial charge in [-0.3, -0.25) is 0 Å². The van der Waals surface area contributed by atoms with Gasteiger partial charge in [-0.25, -0.2) is 9.18 Å². The van der Waals surface area contributed by atoms with Crippen molar-refractivity contribution in [1.29, 1.82) is 0 Å². The van der Waals surface area contributed by atoms with E-state index in [0.717, 1.165) is 5.39 Å². The van der Waals surface area contributed by atoms with Gasteiger partial charge >= 0.3 is 5.97 Å². The molecule has 1 N–H and O–H groups in total. The Morgan fingerprint density at radius 3 is 2.61 bits per heavy atom. The number of nitrogens with one attached hydrogen (secondary N) is 1. The van der Waals surface area contributed by atoms with Gasteiger partial charge in [0, 0.05) is 10.9 Å². The van der Waals surface area contributed by atoms with Crippen molar-refractivity contribution in [2.24, 2.45) is 0 Å². The predicted molar refractivity (Wildman–Crippen MR) is 71.1 cm³/mol. The lowest BCUT2D eigenvalue weighted by Gasteiger charge is -2.18. The van der Waals surface area contributed by atoms with E-state index < -0.39 is 11.6 Å². The first-order chi connectivity index (χ1) is 8.26. The number of H-pyrrole nitrogens is 1. The molecular formula is C13H13BrFNO2. The molecule has 18 heavy (non-hydrogen) atoms. The summed E-state index contributed by atoms with van der Waals surface area (Å²) in [5.41, 5.74) is 0.328. The van der Waals surface area contributed by atoms with Crippen LogP contribution in [0.5, 0.6) is 0 Å². The molecule has 0 bridgehead atoms. The molecule has 0 saturated heterocycles. The molecular weight excluding hydrogens is 301 g/mol. The Morgan fingerprint density at radius 2 is 2.00 bits per heavy atom. The predicted octanol–water partition coefficient (Wildman–Crippen LogP) is 4.02. The molecule has 96 valence electrons. The summed E-state index contributed by atoms with van der Waals surface area (Å²) in [6, 6.07) is 4.61. The number of fused-ring (bicyclic) bond motifs is 1. The summed E-state index contributed by atoms with van der Waals surface area (Å²) in [5, 5.41) is 0.754. The first-order valence-electron chi connectivity index (χ1n) is 5.47. The molecule has 1 heterocycles. The van der Waals surface area contributed by atoms with Gasteiger partial charge in [-0.15, -0.1) is 0 Å². The van der Waals surface area contributed by atoms with Gasteiger partial charge in [0.05, 0.1) is 4.47 Å². The van der Waals surface area contributed by atoms with Crippen LogP contribution in [0.4, 0.5) is 4.39 Å². The van der Waals surface area contributed by atoms with Crippen LogP contribution in [0.1, 0.15) is 31.3 Å². The van der Waals surface area contributed by atoms with E-state index >= 15 is 0 Å². The smallest absolute Gasteiger partial charge is 0.355 e. The molecule has 0 fully saturated rings. The lowest BCUT2D eigenvalue weighted by Crippen LogP contribution is -2.24. The topological polar surface area (TPSA) is 42.1 Å². The van der Waals surface area contributed by atoms with E-state index in [2.05, 4.69) is 20.9 Å². The van der Waals surface area contributed by atoms with E-state index in [1.165, 1.54) is 6.07 Å². The van der Waals surface area contributed by atoms with Gasteiger partial charge in [0.1, 0.15) is 17.1 Å². The van der Waals surface area contributed by atoms with E-state index in [-0.39, 0.29) is 5.82 Å². The Morgan fingerprint density at radius 1 is 1.33 bits per heavy atom. The molecule has 1 aromatic carbocycles. The highest BCUT2D eigenvalue weighted by atomic mass is 79.9. The second-order valence-electron chi connectivity index (χ2n) is 5.04. The van der Waals surface area contributed by atoms with Crippen molar-refractivity contribution in [1.82, 2.24) is 4.98 Å². The van der Waals surface area contributed by atoms with Gasteiger partial charge in [0.15, 0.2) is 0 Å². The van der Waals surface area contributed by atoms with E-state index in [4.69, 9.17) is 4.74 Å². The fraction of sp³-hybridized carbons (Fsp3) is 0.308. The summed E-state index contributed by atoms with van der Waals surface area (Å²) < 4.78 is 19.0. The number of benzene rings is 1. The highest BCUT2D eigenvalue weighted by molar-refractivity contribution is 9.10. The van der Waals surface area contributed by atoms with Crippen LogP contribution < -0.4 is 0 Å². The lowest BCUT2D eigenvalue weighted by atomic mass is 10.2. The maximum Gasteiger partial charge on any atom is 0.355 e. The fourth-order valence-corrected chi connectivity index (χ4v) is 1.93. The highest BCUT2D eigenvalue weighted by Gasteiger charge is 2.19. The van der Waals surface area contributed by atoms with E-state index in [0.29, 0.717) is 15.7 Å². The Hall–Kier alpha value is -1.36. The zero-order valence-electron chi connectivity index (χ0n) is 10.3. The van der Waals surface area contributed by atoms with Crippen LogP contribution >= 0.6 is 15.9 Å². The summed E-state index contributed by atoms with van der Waals surface area (Å²) >= 11 is 3.11. The molecule has 5 heteroatoms. The number of halogens is 2. The van der Waals surface area contributed by atoms with Crippen LogP contribution in [-0.2, 0) is 4.74 Å². The Balaban J connectivity index is 2.39. The standard InChI is InChI=1S/C13H13BrFNO2/c1-13(2,3)18-12(17)11-5-7-4-8(14)9(15)6-10(7)16-11/h4-6,16H,1-3H3. The third-order valence-corrected chi connectivity index (χ3v) is 2.89. The van der Waals surface area contributed by atoms with Crippen LogP contribution in [-0.4, -0.2) is 16.6 Å². The molecule has 0 unspecified atom stereocenters. The van der Waals surface area contributed by atoms with Gasteiger partial charge in [-0.05, 0) is 54.9 Å². The third-order valence-electron chi connectivity index (χ3n) is 2.28. The van der Waals surface area contributed by atoms with Crippen LogP contribution in [0.15, 0.2) is 22.7 Å². The fourth-order valence-electron chi connectivity index (χ4n) is 1.57. The second kappa shape index (κ2) is 4.39. The third kappa shape index (κ3) is 2.72. The molecule has 0 spiro atoms. The van der Waals surface area contributed by atoms with Gasteiger partial charge in [-0.1, -0.05) is 0 Å². The van der Waals surface area contributed by atoms with Crippen LogP contribution in [0, 0.1) is 5.82 Å². The average Bonchev–Trinajstić information content (AvgIpc) is 2.59. The Kier molecular flexibility index (Phi) is 3.19. The number of carbonyl (C=O) groups is 1. The zero-order chi connectivity index (χ0) is 13.5. The molecule has 0 saturated carbocycles. The average molecular weight is 314 g/mol. The SMILES string of the molecule is CC(C)(C)OC(=O)c1cc2cc(Br)c(F)cc2[nH]1. The van der Waals surface area contributed by atoms with Crippen molar-refractivity contribution in [3.05, 3.63) is 34.2 Å². The van der Waals surface area contributed by atoms with Crippen LogP contribution in [0.3, 0.4) is 0 Å². The minimum absolute atomic E-state index is 0.317. The number of hydrogen-bond acceptors (Lipinski definition) is 2. The van der Waals surface area contributed by atoms with Crippen molar-refractivity contribution in [2.75, 3.05) is 0 Å². The summed E-state index contributed by atoms with van der Waals surface area (Å²) in [4.78, 5) is 14.7. The lowest BCUT2D eigenvalue weighted by molar-refractivity contribution is 0.00639. The number of hydrogen-bond donors (Lipinski definition) is 1. The molecule has 2 rings (SSSR count). The monoisotopic (exact) mass is 313 g/mol. The minimum Gasteiger partial charge on any atom is -0.455 e. The molecule has 0 amide bonds. The quantitative estimate of drug-likeness (QED) is 0.808. The first kappa shape index (κ1) is 13.1. The maximum absolute atomic E-state index is 13.3. The van der Waals surface area contributed by atoms with Gasteiger partial charge in [0.2, 0.25) is 0 Å². The molecule has 1 aromatic heterocycles. The number of rotatable bonds is 1. The minimum atomic E-state index is -0.555. The van der Waals surface area contributed by atoms with Gasteiger partial charge in [0.25, 0.3) is 0 Å². The maximum atomic E-state index is 13.3. The highest BCUT2D eigenvalue weighted by Crippen LogP contribution is 2.24. The number of ether oxygens (including phenoxy) is 1.